The van der Waals surface area contributed by atoms with Crippen molar-refractivity contribution in [2.75, 3.05) is 6.54 Å². The molecular weight excluding hydrogens is 312 g/mol. The van der Waals surface area contributed by atoms with Gasteiger partial charge in [0.1, 0.15) is 0 Å². The zero-order chi connectivity index (χ0) is 16.4. The van der Waals surface area contributed by atoms with E-state index in [1.165, 1.54) is 18.2 Å². The van der Waals surface area contributed by atoms with Gasteiger partial charge in [-0.2, -0.15) is 0 Å². The van der Waals surface area contributed by atoms with E-state index in [1.54, 1.807) is 0 Å². The number of rotatable bonds is 4. The monoisotopic (exact) mass is 332 g/mol. The van der Waals surface area contributed by atoms with Crippen LogP contribution >= 0.6 is 11.6 Å². The lowest BCUT2D eigenvalue weighted by atomic mass is 9.82. The number of primary sulfonamides is 1. The Labute approximate surface area is 130 Å². The van der Waals surface area contributed by atoms with Gasteiger partial charge in [0.15, 0.2) is 0 Å². The lowest BCUT2D eigenvalue weighted by Gasteiger charge is -2.27. The normalized spacial score (nSPS) is 13.8. The summed E-state index contributed by atoms with van der Waals surface area (Å²) < 4.78 is 22.6. The molecule has 21 heavy (non-hydrogen) atoms. The van der Waals surface area contributed by atoms with Gasteiger partial charge in [-0.1, -0.05) is 39.3 Å². The molecule has 1 rings (SSSR count). The summed E-state index contributed by atoms with van der Waals surface area (Å²) >= 11 is 5.95. The van der Waals surface area contributed by atoms with Crippen LogP contribution in [0.4, 0.5) is 0 Å². The maximum absolute atomic E-state index is 12.1. The van der Waals surface area contributed by atoms with E-state index >= 15 is 0 Å². The van der Waals surface area contributed by atoms with Crippen LogP contribution in [0.25, 0.3) is 0 Å². The van der Waals surface area contributed by atoms with Gasteiger partial charge in [0.25, 0.3) is 5.91 Å². The zero-order valence-electron chi connectivity index (χ0n) is 12.6. The van der Waals surface area contributed by atoms with E-state index in [2.05, 4.69) is 26.1 Å². The Kier molecular flexibility index (Phi) is 5.41. The van der Waals surface area contributed by atoms with Gasteiger partial charge in [-0.05, 0) is 29.5 Å². The van der Waals surface area contributed by atoms with E-state index in [9.17, 15) is 13.2 Å². The van der Waals surface area contributed by atoms with E-state index in [-0.39, 0.29) is 26.8 Å². The van der Waals surface area contributed by atoms with Gasteiger partial charge < -0.3 is 5.32 Å². The van der Waals surface area contributed by atoms with E-state index in [0.717, 1.165) is 0 Å². The molecule has 3 N–H and O–H groups in total. The number of nitrogens with two attached hydrogens (primary N) is 1. The molecule has 1 unspecified atom stereocenters. The van der Waals surface area contributed by atoms with Gasteiger partial charge in [0.05, 0.1) is 15.5 Å². The number of hydrogen-bond donors (Lipinski definition) is 2. The van der Waals surface area contributed by atoms with Crippen LogP contribution in [0, 0.1) is 11.3 Å². The highest BCUT2D eigenvalue weighted by molar-refractivity contribution is 7.89. The maximum Gasteiger partial charge on any atom is 0.252 e. The predicted molar refractivity (Wildman–Crippen MR) is 83.8 cm³/mol. The Morgan fingerprint density at radius 3 is 2.43 bits per heavy atom. The first-order valence-electron chi connectivity index (χ1n) is 6.53. The van der Waals surface area contributed by atoms with E-state index in [1.807, 2.05) is 6.92 Å². The summed E-state index contributed by atoms with van der Waals surface area (Å²) in [7, 11) is -3.87. The molecule has 0 fully saturated rings. The van der Waals surface area contributed by atoms with Gasteiger partial charge >= 0.3 is 0 Å². The quantitative estimate of drug-likeness (QED) is 0.887. The fourth-order valence-electron chi connectivity index (χ4n) is 1.50. The first-order chi connectivity index (χ1) is 9.43. The van der Waals surface area contributed by atoms with E-state index in [0.29, 0.717) is 6.54 Å². The lowest BCUT2D eigenvalue weighted by Crippen LogP contribution is -2.33. The molecule has 0 aliphatic heterocycles. The second-order valence-electron chi connectivity index (χ2n) is 6.16. The van der Waals surface area contributed by atoms with Crippen molar-refractivity contribution in [3.63, 3.8) is 0 Å². The third-order valence-electron chi connectivity index (χ3n) is 3.56. The van der Waals surface area contributed by atoms with Crippen LogP contribution in [0.2, 0.25) is 5.02 Å². The summed E-state index contributed by atoms with van der Waals surface area (Å²) in [6.07, 6.45) is 0. The minimum atomic E-state index is -3.87. The molecule has 0 aliphatic rings. The van der Waals surface area contributed by atoms with Crippen molar-refractivity contribution in [3.05, 3.63) is 28.8 Å². The summed E-state index contributed by atoms with van der Waals surface area (Å²) in [4.78, 5) is 12.0. The molecule has 1 aromatic carbocycles. The topological polar surface area (TPSA) is 89.3 Å². The highest BCUT2D eigenvalue weighted by atomic mass is 35.5. The third-order valence-corrected chi connectivity index (χ3v) is 4.80. The first-order valence-corrected chi connectivity index (χ1v) is 8.46. The molecule has 1 amide bonds. The SMILES string of the molecule is CC(CNC(=O)c1cc(S(N)(=O)=O)ccc1Cl)C(C)(C)C. The highest BCUT2D eigenvalue weighted by Crippen LogP contribution is 2.25. The summed E-state index contributed by atoms with van der Waals surface area (Å²) in [6, 6.07) is 3.81. The molecule has 0 radical (unpaired) electrons. The van der Waals surface area contributed by atoms with Crippen molar-refractivity contribution >= 4 is 27.5 Å². The largest absolute Gasteiger partial charge is 0.352 e. The second-order valence-corrected chi connectivity index (χ2v) is 8.13. The average molecular weight is 333 g/mol. The minimum absolute atomic E-state index is 0.0551. The molecule has 5 nitrogen and oxygen atoms in total. The zero-order valence-corrected chi connectivity index (χ0v) is 14.2. The fourth-order valence-corrected chi connectivity index (χ4v) is 2.25. The summed E-state index contributed by atoms with van der Waals surface area (Å²) in [6.45, 7) is 8.75. The van der Waals surface area contributed by atoms with Crippen molar-refractivity contribution in [1.29, 1.82) is 0 Å². The molecule has 0 spiro atoms. The maximum atomic E-state index is 12.1. The van der Waals surface area contributed by atoms with Crippen molar-refractivity contribution in [3.8, 4) is 0 Å². The molecule has 0 heterocycles. The second kappa shape index (κ2) is 6.34. The molecule has 0 aliphatic carbocycles. The Balaban J connectivity index is 2.93. The fraction of sp³-hybridized carbons (Fsp3) is 0.500. The number of hydrogen-bond acceptors (Lipinski definition) is 3. The van der Waals surface area contributed by atoms with Crippen LogP contribution in [-0.2, 0) is 10.0 Å². The first kappa shape index (κ1) is 17.9. The van der Waals surface area contributed by atoms with E-state index < -0.39 is 15.9 Å². The van der Waals surface area contributed by atoms with Crippen LogP contribution in [0.3, 0.4) is 0 Å². The molecule has 0 saturated heterocycles. The number of carbonyl (C=O) groups excluding carboxylic acids is 1. The summed E-state index contributed by atoms with van der Waals surface area (Å²) in [5, 5.41) is 8.00. The number of nitrogens with one attached hydrogen (secondary N) is 1. The smallest absolute Gasteiger partial charge is 0.252 e. The standard InChI is InChI=1S/C14H21ClN2O3S/c1-9(14(2,3)4)8-17-13(18)11-7-10(21(16,19)20)5-6-12(11)15/h5-7,9H,8H2,1-4H3,(H,17,18)(H2,16,19,20). The van der Waals surface area contributed by atoms with Gasteiger partial charge in [-0.25, -0.2) is 13.6 Å². The third kappa shape index (κ3) is 4.98. The molecule has 0 saturated carbocycles. The van der Waals surface area contributed by atoms with Crippen LogP contribution < -0.4 is 10.5 Å². The van der Waals surface area contributed by atoms with Crippen molar-refractivity contribution < 1.29 is 13.2 Å². The summed E-state index contributed by atoms with van der Waals surface area (Å²) in [5.74, 6) is -0.164. The van der Waals surface area contributed by atoms with Crippen LogP contribution in [0.5, 0.6) is 0 Å². The molecule has 1 atom stereocenters. The van der Waals surface area contributed by atoms with Crippen molar-refractivity contribution in [1.82, 2.24) is 5.32 Å². The van der Waals surface area contributed by atoms with Crippen molar-refractivity contribution in [2.24, 2.45) is 16.5 Å². The number of amides is 1. The number of halogens is 1. The van der Waals surface area contributed by atoms with Gasteiger partial charge in [0.2, 0.25) is 10.0 Å². The van der Waals surface area contributed by atoms with Gasteiger partial charge in [-0.3, -0.25) is 4.79 Å². The Hall–Kier alpha value is -1.11. The highest BCUT2D eigenvalue weighted by Gasteiger charge is 2.21. The molecule has 0 bridgehead atoms. The molecule has 0 aromatic heterocycles. The van der Waals surface area contributed by atoms with Gasteiger partial charge in [-0.15, -0.1) is 0 Å². The van der Waals surface area contributed by atoms with Crippen molar-refractivity contribution in [2.45, 2.75) is 32.6 Å². The number of benzene rings is 1. The Morgan fingerprint density at radius 1 is 1.38 bits per heavy atom. The molecule has 7 heteroatoms. The predicted octanol–water partition coefficient (Wildman–Crippen LogP) is 2.40. The lowest BCUT2D eigenvalue weighted by molar-refractivity contribution is 0.0937. The minimum Gasteiger partial charge on any atom is -0.352 e. The molecule has 118 valence electrons. The van der Waals surface area contributed by atoms with E-state index in [4.69, 9.17) is 16.7 Å². The van der Waals surface area contributed by atoms with Crippen LogP contribution in [0.1, 0.15) is 38.1 Å². The van der Waals surface area contributed by atoms with Crippen LogP contribution in [0.15, 0.2) is 23.1 Å². The number of sulfonamides is 1. The summed E-state index contributed by atoms with van der Waals surface area (Å²) in [5.41, 5.74) is 0.156. The average Bonchev–Trinajstić information content (AvgIpc) is 2.33. The van der Waals surface area contributed by atoms with Crippen LogP contribution in [-0.4, -0.2) is 20.9 Å². The Morgan fingerprint density at radius 2 is 1.95 bits per heavy atom. The molecular formula is C14H21ClN2O3S. The molecule has 1 aromatic rings. The number of carbonyl (C=O) groups is 1. The Bertz CT molecular complexity index is 636. The van der Waals surface area contributed by atoms with Gasteiger partial charge in [0, 0.05) is 6.54 Å².